The second-order valence-electron chi connectivity index (χ2n) is 6.41. The summed E-state index contributed by atoms with van der Waals surface area (Å²) in [6.07, 6.45) is 3.22. The Labute approximate surface area is 150 Å². The second-order valence-corrected chi connectivity index (χ2v) is 7.68. The molecule has 3 rings (SSSR count). The van der Waals surface area contributed by atoms with E-state index < -0.39 is 0 Å². The van der Waals surface area contributed by atoms with Crippen LogP contribution < -0.4 is 5.32 Å². The smallest absolute Gasteiger partial charge is 0.236 e. The monoisotopic (exact) mass is 354 g/mol. The SMILES string of the molecule is CCC(Sc1ccccc1)C(=O)N1CC[C@@H]2CNC[C@@H]2CC1.Cl. The lowest BCUT2D eigenvalue weighted by Gasteiger charge is -2.25. The number of nitrogens with zero attached hydrogens (tertiary/aromatic N) is 1. The first kappa shape index (κ1) is 18.6. The van der Waals surface area contributed by atoms with Gasteiger partial charge in [0.05, 0.1) is 5.25 Å². The Morgan fingerprint density at radius 2 is 1.83 bits per heavy atom. The number of halogens is 1. The molecular weight excluding hydrogens is 328 g/mol. The third kappa shape index (κ3) is 4.65. The summed E-state index contributed by atoms with van der Waals surface area (Å²) in [5, 5.41) is 3.55. The minimum Gasteiger partial charge on any atom is -0.342 e. The molecule has 0 saturated carbocycles. The van der Waals surface area contributed by atoms with E-state index in [-0.39, 0.29) is 17.7 Å². The first-order valence-electron chi connectivity index (χ1n) is 8.49. The zero-order valence-electron chi connectivity index (χ0n) is 13.7. The molecule has 23 heavy (non-hydrogen) atoms. The van der Waals surface area contributed by atoms with Gasteiger partial charge in [-0.1, -0.05) is 25.1 Å². The van der Waals surface area contributed by atoms with Crippen molar-refractivity contribution in [3.63, 3.8) is 0 Å². The van der Waals surface area contributed by atoms with Crippen molar-refractivity contribution >= 4 is 30.1 Å². The van der Waals surface area contributed by atoms with Gasteiger partial charge in [-0.25, -0.2) is 0 Å². The Hall–Kier alpha value is -0.710. The average molecular weight is 355 g/mol. The number of hydrogen-bond acceptors (Lipinski definition) is 3. The van der Waals surface area contributed by atoms with Gasteiger partial charge in [-0.3, -0.25) is 4.79 Å². The zero-order chi connectivity index (χ0) is 15.4. The van der Waals surface area contributed by atoms with Crippen LogP contribution in [0.1, 0.15) is 26.2 Å². The number of hydrogen-bond donors (Lipinski definition) is 1. The van der Waals surface area contributed by atoms with E-state index in [4.69, 9.17) is 0 Å². The minimum absolute atomic E-state index is 0. The van der Waals surface area contributed by atoms with Crippen LogP contribution >= 0.6 is 24.2 Å². The first-order valence-corrected chi connectivity index (χ1v) is 9.37. The number of amides is 1. The van der Waals surface area contributed by atoms with Crippen LogP contribution in [0.15, 0.2) is 35.2 Å². The third-order valence-corrected chi connectivity index (χ3v) is 6.36. The summed E-state index contributed by atoms with van der Waals surface area (Å²) in [6, 6.07) is 10.3. The lowest BCUT2D eigenvalue weighted by Crippen LogP contribution is -2.38. The van der Waals surface area contributed by atoms with Gasteiger partial charge in [-0.05, 0) is 56.3 Å². The van der Waals surface area contributed by atoms with Crippen LogP contribution in [0.3, 0.4) is 0 Å². The van der Waals surface area contributed by atoms with E-state index in [9.17, 15) is 4.79 Å². The normalized spacial score (nSPS) is 25.2. The average Bonchev–Trinajstić information content (AvgIpc) is 2.91. The molecule has 0 aromatic heterocycles. The Morgan fingerprint density at radius 3 is 2.39 bits per heavy atom. The molecule has 1 aromatic carbocycles. The minimum atomic E-state index is 0. The number of thioether (sulfide) groups is 1. The molecule has 5 heteroatoms. The van der Waals surface area contributed by atoms with Crippen LogP contribution in [0.4, 0.5) is 0 Å². The summed E-state index contributed by atoms with van der Waals surface area (Å²) >= 11 is 1.72. The molecule has 0 spiro atoms. The van der Waals surface area contributed by atoms with Crippen LogP contribution in [-0.4, -0.2) is 42.2 Å². The summed E-state index contributed by atoms with van der Waals surface area (Å²) in [5.41, 5.74) is 0. The number of rotatable bonds is 4. The van der Waals surface area contributed by atoms with Crippen molar-refractivity contribution in [2.45, 2.75) is 36.3 Å². The Kier molecular flexibility index (Phi) is 7.25. The highest BCUT2D eigenvalue weighted by Gasteiger charge is 2.33. The van der Waals surface area contributed by atoms with Gasteiger partial charge in [-0.2, -0.15) is 0 Å². The van der Waals surface area contributed by atoms with Crippen molar-refractivity contribution in [1.82, 2.24) is 10.2 Å². The molecule has 2 aliphatic heterocycles. The number of likely N-dealkylation sites (tertiary alicyclic amines) is 1. The first-order chi connectivity index (χ1) is 10.8. The molecule has 2 aliphatic rings. The molecule has 1 unspecified atom stereocenters. The fourth-order valence-corrected chi connectivity index (χ4v) is 4.67. The van der Waals surface area contributed by atoms with Crippen molar-refractivity contribution in [2.75, 3.05) is 26.2 Å². The summed E-state index contributed by atoms with van der Waals surface area (Å²) in [7, 11) is 0. The van der Waals surface area contributed by atoms with Gasteiger partial charge >= 0.3 is 0 Å². The van der Waals surface area contributed by atoms with Crippen molar-refractivity contribution in [3.05, 3.63) is 30.3 Å². The molecular formula is C18H27ClN2OS. The molecule has 3 atom stereocenters. The third-order valence-electron chi connectivity index (χ3n) is 5.00. The van der Waals surface area contributed by atoms with Gasteiger partial charge in [0.25, 0.3) is 0 Å². The molecule has 128 valence electrons. The molecule has 3 nitrogen and oxygen atoms in total. The van der Waals surface area contributed by atoms with Crippen molar-refractivity contribution < 1.29 is 4.79 Å². The van der Waals surface area contributed by atoms with E-state index in [1.165, 1.54) is 4.90 Å². The van der Waals surface area contributed by atoms with Crippen LogP contribution in [0, 0.1) is 11.8 Å². The second kappa shape index (κ2) is 8.95. The van der Waals surface area contributed by atoms with E-state index in [2.05, 4.69) is 29.3 Å². The maximum absolute atomic E-state index is 12.9. The maximum Gasteiger partial charge on any atom is 0.236 e. The zero-order valence-corrected chi connectivity index (χ0v) is 15.4. The number of fused-ring (bicyclic) bond motifs is 1. The number of nitrogens with one attached hydrogen (secondary N) is 1. The van der Waals surface area contributed by atoms with Crippen LogP contribution in [0.25, 0.3) is 0 Å². The Balaban J connectivity index is 0.00000192. The molecule has 0 radical (unpaired) electrons. The molecule has 0 aliphatic carbocycles. The molecule has 2 heterocycles. The fourth-order valence-electron chi connectivity index (χ4n) is 3.61. The largest absolute Gasteiger partial charge is 0.342 e. The summed E-state index contributed by atoms with van der Waals surface area (Å²) in [6.45, 7) is 6.28. The van der Waals surface area contributed by atoms with E-state index in [1.54, 1.807) is 11.8 Å². The van der Waals surface area contributed by atoms with Crippen molar-refractivity contribution in [2.24, 2.45) is 11.8 Å². The highest BCUT2D eigenvalue weighted by molar-refractivity contribution is 8.00. The van der Waals surface area contributed by atoms with Gasteiger partial charge in [0.15, 0.2) is 0 Å². The quantitative estimate of drug-likeness (QED) is 0.841. The molecule has 1 N–H and O–H groups in total. The summed E-state index contributed by atoms with van der Waals surface area (Å²) in [4.78, 5) is 16.2. The highest BCUT2D eigenvalue weighted by atomic mass is 35.5. The van der Waals surface area contributed by atoms with Gasteiger partial charge in [0, 0.05) is 18.0 Å². The fraction of sp³-hybridized carbons (Fsp3) is 0.611. The van der Waals surface area contributed by atoms with Crippen LogP contribution in [-0.2, 0) is 4.79 Å². The molecule has 2 fully saturated rings. The number of carbonyl (C=O) groups is 1. The number of carbonyl (C=O) groups excluding carboxylic acids is 1. The van der Waals surface area contributed by atoms with E-state index >= 15 is 0 Å². The topological polar surface area (TPSA) is 32.3 Å². The molecule has 2 saturated heterocycles. The highest BCUT2D eigenvalue weighted by Crippen LogP contribution is 2.30. The van der Waals surface area contributed by atoms with E-state index in [0.29, 0.717) is 5.91 Å². The standard InChI is InChI=1S/C18H26N2OS.ClH/c1-2-17(22-16-6-4-3-5-7-16)18(21)20-10-8-14-12-19-13-15(14)9-11-20;/h3-7,14-15,17,19H,2,8-13H2,1H3;1H/t14-,15+,17?;. The lowest BCUT2D eigenvalue weighted by atomic mass is 9.92. The van der Waals surface area contributed by atoms with Crippen molar-refractivity contribution in [3.8, 4) is 0 Å². The lowest BCUT2D eigenvalue weighted by molar-refractivity contribution is -0.130. The van der Waals surface area contributed by atoms with Crippen LogP contribution in [0.5, 0.6) is 0 Å². The molecule has 1 amide bonds. The summed E-state index contributed by atoms with van der Waals surface area (Å²) < 4.78 is 0. The van der Waals surface area contributed by atoms with Gasteiger partial charge in [0.2, 0.25) is 5.91 Å². The maximum atomic E-state index is 12.9. The van der Waals surface area contributed by atoms with Crippen LogP contribution in [0.2, 0.25) is 0 Å². The Morgan fingerprint density at radius 1 is 1.22 bits per heavy atom. The molecule has 1 aromatic rings. The van der Waals surface area contributed by atoms with Gasteiger partial charge in [0.1, 0.15) is 0 Å². The number of benzene rings is 1. The Bertz CT molecular complexity index is 485. The predicted octanol–water partition coefficient (Wildman–Crippen LogP) is 3.44. The predicted molar refractivity (Wildman–Crippen MR) is 99.3 cm³/mol. The molecule has 0 bridgehead atoms. The van der Waals surface area contributed by atoms with Gasteiger partial charge < -0.3 is 10.2 Å². The van der Waals surface area contributed by atoms with Crippen molar-refractivity contribution in [1.29, 1.82) is 0 Å². The summed E-state index contributed by atoms with van der Waals surface area (Å²) in [5.74, 6) is 1.89. The van der Waals surface area contributed by atoms with E-state index in [0.717, 1.165) is 57.3 Å². The van der Waals surface area contributed by atoms with Gasteiger partial charge in [-0.15, -0.1) is 24.2 Å². The van der Waals surface area contributed by atoms with E-state index in [1.807, 2.05) is 18.2 Å².